The molecule has 0 N–H and O–H groups in total. The smallest absolute Gasteiger partial charge is 0.164 e. The summed E-state index contributed by atoms with van der Waals surface area (Å²) in [5.41, 5.74) is 6.56. The normalized spacial score (nSPS) is 11.7. The van der Waals surface area contributed by atoms with E-state index < -0.39 is 0 Å². The van der Waals surface area contributed by atoms with Crippen molar-refractivity contribution in [3.63, 3.8) is 0 Å². The summed E-state index contributed by atoms with van der Waals surface area (Å²) in [4.78, 5) is 15.3. The fourth-order valence-corrected chi connectivity index (χ4v) is 7.07. The predicted octanol–water partition coefficient (Wildman–Crippen LogP) is 11.9. The molecule has 0 amide bonds. The van der Waals surface area contributed by atoms with Gasteiger partial charge in [0.1, 0.15) is 11.2 Å². The first-order valence-electron chi connectivity index (χ1n) is 16.4. The van der Waals surface area contributed by atoms with E-state index >= 15 is 0 Å². The number of fused-ring (bicyclic) bond motifs is 8. The third-order valence-electron chi connectivity index (χ3n) is 9.48. The number of benzene rings is 8. The van der Waals surface area contributed by atoms with Gasteiger partial charge in [-0.15, -0.1) is 0 Å². The Bertz CT molecular complexity index is 2880. The zero-order chi connectivity index (χ0) is 32.3. The number of nitrogens with zero attached hydrogens (tertiary/aromatic N) is 3. The molecule has 10 rings (SSSR count). The first kappa shape index (κ1) is 27.5. The Kier molecular flexibility index (Phi) is 6.15. The van der Waals surface area contributed by atoms with Crippen molar-refractivity contribution in [2.24, 2.45) is 0 Å². The summed E-state index contributed by atoms with van der Waals surface area (Å²) >= 11 is 0. The molecule has 0 fully saturated rings. The van der Waals surface area contributed by atoms with Crippen LogP contribution in [0.1, 0.15) is 0 Å². The number of furan rings is 1. The van der Waals surface area contributed by atoms with Crippen LogP contribution in [-0.4, -0.2) is 15.0 Å². The zero-order valence-corrected chi connectivity index (χ0v) is 26.3. The quantitative estimate of drug-likeness (QED) is 0.183. The maximum absolute atomic E-state index is 6.75. The van der Waals surface area contributed by atoms with Crippen molar-refractivity contribution >= 4 is 54.3 Å². The number of hydrogen-bond donors (Lipinski definition) is 0. The summed E-state index contributed by atoms with van der Waals surface area (Å²) in [7, 11) is 0. The van der Waals surface area contributed by atoms with Gasteiger partial charge in [-0.1, -0.05) is 140 Å². The maximum atomic E-state index is 6.75. The highest BCUT2D eigenvalue weighted by molar-refractivity contribution is 6.18. The van der Waals surface area contributed by atoms with Gasteiger partial charge in [-0.3, -0.25) is 0 Å². The SMILES string of the molecule is c1ccc(-c2nc(-c3ccc4c(ccc5ccccc54)c3)nc(-c3cc(-c4ccccc4)c4oc5c6ccccc6ccc5c4c3)n2)cc1. The molecule has 0 unspecified atom stereocenters. The van der Waals surface area contributed by atoms with Crippen molar-refractivity contribution in [3.05, 3.63) is 164 Å². The molecule has 4 heteroatoms. The van der Waals surface area contributed by atoms with E-state index in [1.165, 1.54) is 16.2 Å². The first-order chi connectivity index (χ1) is 24.3. The molecule has 10 aromatic rings. The molecule has 0 aliphatic rings. The van der Waals surface area contributed by atoms with Gasteiger partial charge in [-0.2, -0.15) is 0 Å². The maximum Gasteiger partial charge on any atom is 0.164 e. The van der Waals surface area contributed by atoms with E-state index in [9.17, 15) is 0 Å². The molecule has 228 valence electrons. The summed E-state index contributed by atoms with van der Waals surface area (Å²) in [6.45, 7) is 0. The van der Waals surface area contributed by atoms with Crippen LogP contribution in [0.25, 0.3) is 99.5 Å². The first-order valence-corrected chi connectivity index (χ1v) is 16.4. The Morgan fingerprint density at radius 2 is 0.857 bits per heavy atom. The van der Waals surface area contributed by atoms with Crippen LogP contribution >= 0.6 is 0 Å². The topological polar surface area (TPSA) is 51.8 Å². The minimum atomic E-state index is 0.608. The molecule has 4 nitrogen and oxygen atoms in total. The van der Waals surface area contributed by atoms with Gasteiger partial charge in [0.25, 0.3) is 0 Å². The van der Waals surface area contributed by atoms with E-state index in [1.807, 2.05) is 36.4 Å². The molecule has 0 bridgehead atoms. The van der Waals surface area contributed by atoms with Gasteiger partial charge in [-0.05, 0) is 56.8 Å². The molecule has 49 heavy (non-hydrogen) atoms. The van der Waals surface area contributed by atoms with Crippen LogP contribution in [0.2, 0.25) is 0 Å². The van der Waals surface area contributed by atoms with Crippen molar-refractivity contribution in [2.75, 3.05) is 0 Å². The zero-order valence-electron chi connectivity index (χ0n) is 26.3. The molecular formula is C45H27N3O. The van der Waals surface area contributed by atoms with Crippen LogP contribution in [0.4, 0.5) is 0 Å². The van der Waals surface area contributed by atoms with Gasteiger partial charge in [0.15, 0.2) is 17.5 Å². The van der Waals surface area contributed by atoms with Crippen LogP contribution in [0.15, 0.2) is 168 Å². The summed E-state index contributed by atoms with van der Waals surface area (Å²) in [6, 6.07) is 56.9. The van der Waals surface area contributed by atoms with Crippen molar-refractivity contribution in [1.82, 2.24) is 15.0 Å². The second-order valence-electron chi connectivity index (χ2n) is 12.4. The summed E-state index contributed by atoms with van der Waals surface area (Å²) in [5, 5.41) is 9.13. The summed E-state index contributed by atoms with van der Waals surface area (Å²) in [6.07, 6.45) is 0. The van der Waals surface area contributed by atoms with E-state index in [0.29, 0.717) is 17.5 Å². The predicted molar refractivity (Wildman–Crippen MR) is 201 cm³/mol. The van der Waals surface area contributed by atoms with Gasteiger partial charge in [-0.25, -0.2) is 15.0 Å². The molecule has 0 spiro atoms. The largest absolute Gasteiger partial charge is 0.455 e. The Balaban J connectivity index is 1.23. The number of hydrogen-bond acceptors (Lipinski definition) is 4. The third-order valence-corrected chi connectivity index (χ3v) is 9.48. The van der Waals surface area contributed by atoms with Crippen LogP contribution in [0, 0.1) is 0 Å². The Morgan fingerprint density at radius 3 is 1.63 bits per heavy atom. The molecule has 2 aromatic heterocycles. The Morgan fingerprint density at radius 1 is 0.306 bits per heavy atom. The van der Waals surface area contributed by atoms with Crippen LogP contribution in [0.3, 0.4) is 0 Å². The van der Waals surface area contributed by atoms with Gasteiger partial charge in [0.05, 0.1) is 0 Å². The fraction of sp³-hybridized carbons (Fsp3) is 0. The summed E-state index contributed by atoms with van der Waals surface area (Å²) in [5.74, 6) is 1.86. The molecule has 0 radical (unpaired) electrons. The highest BCUT2D eigenvalue weighted by atomic mass is 16.3. The minimum Gasteiger partial charge on any atom is -0.455 e. The lowest BCUT2D eigenvalue weighted by atomic mass is 9.98. The monoisotopic (exact) mass is 625 g/mol. The lowest BCUT2D eigenvalue weighted by molar-refractivity contribution is 0.674. The van der Waals surface area contributed by atoms with E-state index in [1.54, 1.807) is 0 Å². The Labute approximate surface area is 282 Å². The van der Waals surface area contributed by atoms with Gasteiger partial charge in [0.2, 0.25) is 0 Å². The second kappa shape index (κ2) is 11.0. The molecule has 0 aliphatic heterocycles. The Hall–Kier alpha value is -6.65. The van der Waals surface area contributed by atoms with E-state index in [-0.39, 0.29) is 0 Å². The van der Waals surface area contributed by atoms with Gasteiger partial charge >= 0.3 is 0 Å². The van der Waals surface area contributed by atoms with Crippen molar-refractivity contribution < 1.29 is 4.42 Å². The average Bonchev–Trinajstić information content (AvgIpc) is 3.57. The van der Waals surface area contributed by atoms with Crippen LogP contribution in [-0.2, 0) is 0 Å². The van der Waals surface area contributed by atoms with E-state index in [4.69, 9.17) is 19.4 Å². The second-order valence-corrected chi connectivity index (χ2v) is 12.4. The van der Waals surface area contributed by atoms with Crippen LogP contribution in [0.5, 0.6) is 0 Å². The van der Waals surface area contributed by atoms with Crippen molar-refractivity contribution in [3.8, 4) is 45.3 Å². The molecular weight excluding hydrogens is 599 g/mol. The molecule has 0 saturated heterocycles. The summed E-state index contributed by atoms with van der Waals surface area (Å²) < 4.78 is 6.75. The van der Waals surface area contributed by atoms with E-state index in [0.717, 1.165) is 65.9 Å². The van der Waals surface area contributed by atoms with Crippen molar-refractivity contribution in [2.45, 2.75) is 0 Å². The fourth-order valence-electron chi connectivity index (χ4n) is 7.07. The van der Waals surface area contributed by atoms with E-state index in [2.05, 4.69) is 127 Å². The number of aromatic nitrogens is 3. The molecule has 0 saturated carbocycles. The molecule has 0 aliphatic carbocycles. The molecule has 2 heterocycles. The lowest BCUT2D eigenvalue weighted by Gasteiger charge is -2.11. The molecule has 0 atom stereocenters. The lowest BCUT2D eigenvalue weighted by Crippen LogP contribution is -2.00. The third kappa shape index (κ3) is 4.57. The van der Waals surface area contributed by atoms with Crippen molar-refractivity contribution in [1.29, 1.82) is 0 Å². The number of rotatable bonds is 4. The highest BCUT2D eigenvalue weighted by Gasteiger charge is 2.19. The van der Waals surface area contributed by atoms with Gasteiger partial charge in [0, 0.05) is 38.4 Å². The average molecular weight is 626 g/mol. The van der Waals surface area contributed by atoms with Gasteiger partial charge < -0.3 is 4.42 Å². The van der Waals surface area contributed by atoms with Crippen LogP contribution < -0.4 is 0 Å². The minimum absolute atomic E-state index is 0.608. The molecule has 8 aromatic carbocycles. The standard InChI is InChI=1S/C45H27N3O/c1-3-11-28(12-4-1)39-26-34(27-40-38-24-21-30-14-8-10-18-37(30)41(38)49-42(39)40)45-47-43(31-15-5-2-6-16-31)46-44(48-45)33-22-23-36-32(25-33)20-19-29-13-7-9-17-35(29)36/h1-27H. The highest BCUT2D eigenvalue weighted by Crippen LogP contribution is 2.41.